The van der Waals surface area contributed by atoms with Crippen molar-refractivity contribution in [1.29, 1.82) is 0 Å². The van der Waals surface area contributed by atoms with Crippen molar-refractivity contribution in [3.63, 3.8) is 0 Å². The highest BCUT2D eigenvalue weighted by Crippen LogP contribution is 2.07. The fourth-order valence-corrected chi connectivity index (χ4v) is 1.41. The molecule has 1 N–H and O–H groups in total. The van der Waals surface area contributed by atoms with Gasteiger partial charge in [-0.25, -0.2) is 0 Å². The van der Waals surface area contributed by atoms with Gasteiger partial charge in [0.2, 0.25) is 0 Å². The predicted molar refractivity (Wildman–Crippen MR) is 56.3 cm³/mol. The number of methoxy groups -OCH3 is 1. The van der Waals surface area contributed by atoms with Crippen LogP contribution in [0, 0.1) is 5.92 Å². The van der Waals surface area contributed by atoms with Crippen molar-refractivity contribution in [3.8, 4) is 0 Å². The van der Waals surface area contributed by atoms with E-state index in [1.807, 2.05) is 12.3 Å². The van der Waals surface area contributed by atoms with Gasteiger partial charge in [-0.2, -0.15) is 0 Å². The summed E-state index contributed by atoms with van der Waals surface area (Å²) < 4.78 is 9.97. The van der Waals surface area contributed by atoms with E-state index in [1.54, 1.807) is 13.4 Å². The van der Waals surface area contributed by atoms with E-state index in [-0.39, 0.29) is 0 Å². The summed E-state index contributed by atoms with van der Waals surface area (Å²) in [5, 5.41) is 3.34. The summed E-state index contributed by atoms with van der Waals surface area (Å²) in [6, 6.07) is 2.02. The molecule has 1 rings (SSSR count). The Morgan fingerprint density at radius 3 is 3.07 bits per heavy atom. The Kier molecular flexibility index (Phi) is 5.33. The van der Waals surface area contributed by atoms with Gasteiger partial charge in [0.1, 0.15) is 0 Å². The molecule has 1 heterocycles. The Morgan fingerprint density at radius 2 is 2.43 bits per heavy atom. The standard InChI is InChI=1S/C11H19NO2/c1-10(8-12-4-6-13-2)7-11-3-5-14-9-11/h3,5,9-10,12H,4,6-8H2,1-2H3. The maximum atomic E-state index is 5.02. The minimum atomic E-state index is 0.629. The van der Waals surface area contributed by atoms with E-state index in [4.69, 9.17) is 9.15 Å². The largest absolute Gasteiger partial charge is 0.472 e. The van der Waals surface area contributed by atoms with Gasteiger partial charge in [0.15, 0.2) is 0 Å². The second-order valence-electron chi connectivity index (χ2n) is 3.64. The van der Waals surface area contributed by atoms with E-state index in [1.165, 1.54) is 5.56 Å². The first-order valence-electron chi connectivity index (χ1n) is 5.03. The van der Waals surface area contributed by atoms with E-state index < -0.39 is 0 Å². The first-order valence-corrected chi connectivity index (χ1v) is 5.03. The molecule has 0 aliphatic rings. The molecule has 0 saturated heterocycles. The van der Waals surface area contributed by atoms with E-state index in [0.717, 1.165) is 26.1 Å². The van der Waals surface area contributed by atoms with Gasteiger partial charge >= 0.3 is 0 Å². The molecule has 0 bridgehead atoms. The van der Waals surface area contributed by atoms with Crippen LogP contribution in [-0.4, -0.2) is 26.8 Å². The van der Waals surface area contributed by atoms with Gasteiger partial charge in [-0.05, 0) is 30.5 Å². The molecular weight excluding hydrogens is 178 g/mol. The third-order valence-corrected chi connectivity index (χ3v) is 2.14. The lowest BCUT2D eigenvalue weighted by Crippen LogP contribution is -2.25. The monoisotopic (exact) mass is 197 g/mol. The Hall–Kier alpha value is -0.800. The van der Waals surface area contributed by atoms with Crippen molar-refractivity contribution in [2.75, 3.05) is 26.8 Å². The van der Waals surface area contributed by atoms with Crippen LogP contribution in [-0.2, 0) is 11.2 Å². The molecule has 0 amide bonds. The van der Waals surface area contributed by atoms with Crippen LogP contribution in [0.4, 0.5) is 0 Å². The lowest BCUT2D eigenvalue weighted by atomic mass is 10.0. The number of nitrogens with one attached hydrogen (secondary N) is 1. The zero-order valence-corrected chi connectivity index (χ0v) is 8.95. The summed E-state index contributed by atoms with van der Waals surface area (Å²) >= 11 is 0. The third-order valence-electron chi connectivity index (χ3n) is 2.14. The lowest BCUT2D eigenvalue weighted by Gasteiger charge is -2.10. The van der Waals surface area contributed by atoms with Crippen LogP contribution in [0.25, 0.3) is 0 Å². The number of hydrogen-bond donors (Lipinski definition) is 1. The lowest BCUT2D eigenvalue weighted by molar-refractivity contribution is 0.198. The molecule has 0 fully saturated rings. The van der Waals surface area contributed by atoms with Gasteiger partial charge in [-0.3, -0.25) is 0 Å². The Balaban J connectivity index is 2.07. The zero-order valence-electron chi connectivity index (χ0n) is 8.95. The molecule has 1 unspecified atom stereocenters. The van der Waals surface area contributed by atoms with Crippen LogP contribution in [0.1, 0.15) is 12.5 Å². The molecule has 3 nitrogen and oxygen atoms in total. The molecule has 0 aliphatic heterocycles. The summed E-state index contributed by atoms with van der Waals surface area (Å²) in [4.78, 5) is 0. The molecular formula is C11H19NO2. The highest BCUT2D eigenvalue weighted by molar-refractivity contribution is 5.05. The first kappa shape index (κ1) is 11.3. The summed E-state index contributed by atoms with van der Waals surface area (Å²) in [5.41, 5.74) is 1.27. The fourth-order valence-electron chi connectivity index (χ4n) is 1.41. The molecule has 0 aliphatic carbocycles. The number of furan rings is 1. The van der Waals surface area contributed by atoms with Crippen LogP contribution in [0.5, 0.6) is 0 Å². The Labute approximate surface area is 85.4 Å². The molecule has 0 saturated carbocycles. The van der Waals surface area contributed by atoms with Gasteiger partial charge in [-0.15, -0.1) is 0 Å². The number of ether oxygens (including phenoxy) is 1. The van der Waals surface area contributed by atoms with Crippen molar-refractivity contribution in [3.05, 3.63) is 24.2 Å². The average Bonchev–Trinajstić information content (AvgIpc) is 2.65. The molecule has 1 atom stereocenters. The van der Waals surface area contributed by atoms with E-state index in [9.17, 15) is 0 Å². The van der Waals surface area contributed by atoms with Gasteiger partial charge in [0.05, 0.1) is 19.1 Å². The Morgan fingerprint density at radius 1 is 1.57 bits per heavy atom. The van der Waals surface area contributed by atoms with E-state index >= 15 is 0 Å². The quantitative estimate of drug-likeness (QED) is 0.675. The number of rotatable bonds is 7. The van der Waals surface area contributed by atoms with Gasteiger partial charge in [-0.1, -0.05) is 6.92 Å². The van der Waals surface area contributed by atoms with Crippen molar-refractivity contribution in [2.24, 2.45) is 5.92 Å². The molecule has 80 valence electrons. The van der Waals surface area contributed by atoms with E-state index in [0.29, 0.717) is 5.92 Å². The van der Waals surface area contributed by atoms with Gasteiger partial charge < -0.3 is 14.5 Å². The van der Waals surface area contributed by atoms with Crippen LogP contribution < -0.4 is 5.32 Å². The molecule has 14 heavy (non-hydrogen) atoms. The van der Waals surface area contributed by atoms with E-state index in [2.05, 4.69) is 12.2 Å². The van der Waals surface area contributed by atoms with Crippen LogP contribution in [0.3, 0.4) is 0 Å². The predicted octanol–water partition coefficient (Wildman–Crippen LogP) is 1.69. The van der Waals surface area contributed by atoms with Crippen LogP contribution in [0.15, 0.2) is 23.0 Å². The molecule has 3 heteroatoms. The minimum absolute atomic E-state index is 0.629. The highest BCUT2D eigenvalue weighted by atomic mass is 16.5. The number of hydrogen-bond acceptors (Lipinski definition) is 3. The molecule has 0 radical (unpaired) electrons. The van der Waals surface area contributed by atoms with Crippen molar-refractivity contribution >= 4 is 0 Å². The Bertz CT molecular complexity index is 221. The van der Waals surface area contributed by atoms with Crippen LogP contribution >= 0.6 is 0 Å². The minimum Gasteiger partial charge on any atom is -0.472 e. The smallest absolute Gasteiger partial charge is 0.0934 e. The van der Waals surface area contributed by atoms with Crippen molar-refractivity contribution in [1.82, 2.24) is 5.32 Å². The van der Waals surface area contributed by atoms with Crippen LogP contribution in [0.2, 0.25) is 0 Å². The fraction of sp³-hybridized carbons (Fsp3) is 0.636. The molecule has 0 spiro atoms. The summed E-state index contributed by atoms with van der Waals surface area (Å²) in [5.74, 6) is 0.629. The highest BCUT2D eigenvalue weighted by Gasteiger charge is 2.03. The maximum absolute atomic E-state index is 5.02. The van der Waals surface area contributed by atoms with Crippen molar-refractivity contribution in [2.45, 2.75) is 13.3 Å². The summed E-state index contributed by atoms with van der Waals surface area (Å²) in [6.45, 7) is 4.95. The summed E-state index contributed by atoms with van der Waals surface area (Å²) in [6.07, 6.45) is 4.60. The second-order valence-corrected chi connectivity index (χ2v) is 3.64. The third kappa shape index (κ3) is 4.44. The molecule has 1 aromatic heterocycles. The second kappa shape index (κ2) is 6.62. The topological polar surface area (TPSA) is 34.4 Å². The molecule has 1 aromatic rings. The van der Waals surface area contributed by atoms with Gasteiger partial charge in [0, 0.05) is 13.7 Å². The first-order chi connectivity index (χ1) is 6.83. The normalized spacial score (nSPS) is 13.0. The SMILES string of the molecule is COCCNCC(C)Cc1ccoc1. The average molecular weight is 197 g/mol. The zero-order chi connectivity index (χ0) is 10.2. The van der Waals surface area contributed by atoms with Crippen molar-refractivity contribution < 1.29 is 9.15 Å². The van der Waals surface area contributed by atoms with Gasteiger partial charge in [0.25, 0.3) is 0 Å². The maximum Gasteiger partial charge on any atom is 0.0934 e. The summed E-state index contributed by atoms with van der Waals surface area (Å²) in [7, 11) is 1.72. The molecule has 0 aromatic carbocycles.